The van der Waals surface area contributed by atoms with Crippen LogP contribution in [0.4, 0.5) is 11.4 Å². The van der Waals surface area contributed by atoms with Crippen LogP contribution >= 0.6 is 0 Å². The van der Waals surface area contributed by atoms with E-state index in [0.29, 0.717) is 46.4 Å². The molecule has 1 amide bonds. The average Bonchev–Trinajstić information content (AvgIpc) is 3.50. The van der Waals surface area contributed by atoms with E-state index < -0.39 is 43.9 Å². The lowest BCUT2D eigenvalue weighted by atomic mass is 10.1. The number of fused-ring (bicyclic) bond motifs is 1. The van der Waals surface area contributed by atoms with Crippen molar-refractivity contribution in [1.29, 1.82) is 0 Å². The van der Waals surface area contributed by atoms with Crippen LogP contribution in [0.3, 0.4) is 0 Å². The number of rotatable bonds is 9. The van der Waals surface area contributed by atoms with E-state index in [2.05, 4.69) is 10.0 Å². The molecule has 0 bridgehead atoms. The smallest absolute Gasteiger partial charge is 0.322 e. The number of aliphatic carboxylic acids is 1. The Kier molecular flexibility index (Phi) is 8.07. The van der Waals surface area contributed by atoms with Crippen LogP contribution in [0.1, 0.15) is 36.4 Å². The van der Waals surface area contributed by atoms with Gasteiger partial charge in [0, 0.05) is 23.2 Å². The number of carboxylic acid groups (broad SMARTS) is 1. The Morgan fingerprint density at radius 1 is 0.977 bits per heavy atom. The number of hydrogen-bond acceptors (Lipinski definition) is 7. The van der Waals surface area contributed by atoms with Crippen LogP contribution < -0.4 is 14.3 Å². The Morgan fingerprint density at radius 3 is 2.16 bits per heavy atom. The van der Waals surface area contributed by atoms with E-state index in [1.807, 2.05) is 0 Å². The molecule has 1 fully saturated rings. The van der Waals surface area contributed by atoms with Crippen molar-refractivity contribution in [3.63, 3.8) is 0 Å². The zero-order chi connectivity index (χ0) is 31.1. The van der Waals surface area contributed by atoms with Crippen LogP contribution in [-0.4, -0.2) is 52.2 Å². The van der Waals surface area contributed by atoms with Gasteiger partial charge in [-0.1, -0.05) is 44.2 Å². The minimum atomic E-state index is -4.04. The summed E-state index contributed by atoms with van der Waals surface area (Å²) in [7, 11) is -7.46. The fourth-order valence-electron chi connectivity index (χ4n) is 5.08. The van der Waals surface area contributed by atoms with Gasteiger partial charge in [-0.05, 0) is 66.8 Å². The SMILES string of the molecule is Cc1c(C(=O)Nc2ccc(-c3ccc(S(=O)(=O)N[C@H](C(=O)O)C(C)C)cc3)cc2)oc2cccc(N3CCCS3(=O)=O)c12. The number of nitrogens with one attached hydrogen (secondary N) is 2. The lowest BCUT2D eigenvalue weighted by Crippen LogP contribution is -2.44. The van der Waals surface area contributed by atoms with Gasteiger partial charge in [0.15, 0.2) is 5.76 Å². The van der Waals surface area contributed by atoms with E-state index in [4.69, 9.17) is 4.42 Å². The Labute approximate surface area is 249 Å². The minimum absolute atomic E-state index is 0.0567. The van der Waals surface area contributed by atoms with Crippen LogP contribution in [0.5, 0.6) is 0 Å². The number of aryl methyl sites for hydroxylation is 1. The predicted molar refractivity (Wildman–Crippen MR) is 163 cm³/mol. The van der Waals surface area contributed by atoms with Crippen molar-refractivity contribution in [3.8, 4) is 11.1 Å². The Bertz CT molecular complexity index is 1910. The third-order valence-electron chi connectivity index (χ3n) is 7.36. The van der Waals surface area contributed by atoms with Crippen LogP contribution in [0.25, 0.3) is 22.1 Å². The van der Waals surface area contributed by atoms with E-state index >= 15 is 0 Å². The van der Waals surface area contributed by atoms with Gasteiger partial charge in [-0.15, -0.1) is 0 Å². The first-order valence-corrected chi connectivity index (χ1v) is 16.7. The number of benzene rings is 3. The van der Waals surface area contributed by atoms with Gasteiger partial charge in [-0.2, -0.15) is 4.72 Å². The normalized spacial score (nSPS) is 15.6. The van der Waals surface area contributed by atoms with Gasteiger partial charge in [0.05, 0.1) is 16.3 Å². The van der Waals surface area contributed by atoms with Crippen LogP contribution in [0.15, 0.2) is 76.0 Å². The number of carbonyl (C=O) groups is 2. The van der Waals surface area contributed by atoms with E-state index in [1.165, 1.54) is 16.4 Å². The van der Waals surface area contributed by atoms with Gasteiger partial charge < -0.3 is 14.8 Å². The van der Waals surface area contributed by atoms with E-state index in [0.717, 1.165) is 5.56 Å². The molecule has 226 valence electrons. The molecular weight excluding hydrogens is 594 g/mol. The molecule has 0 spiro atoms. The first-order chi connectivity index (χ1) is 20.3. The molecule has 5 rings (SSSR count). The number of furan rings is 1. The first kappa shape index (κ1) is 30.3. The lowest BCUT2D eigenvalue weighted by Gasteiger charge is -2.18. The zero-order valence-corrected chi connectivity index (χ0v) is 25.3. The van der Waals surface area contributed by atoms with Gasteiger partial charge in [0.25, 0.3) is 5.91 Å². The molecular formula is C30H31N3O8S2. The van der Waals surface area contributed by atoms with Crippen molar-refractivity contribution in [1.82, 2.24) is 4.72 Å². The highest BCUT2D eigenvalue weighted by Crippen LogP contribution is 2.37. The van der Waals surface area contributed by atoms with Crippen LogP contribution in [0, 0.1) is 12.8 Å². The summed E-state index contributed by atoms with van der Waals surface area (Å²) in [4.78, 5) is 24.5. The van der Waals surface area contributed by atoms with E-state index in [1.54, 1.807) is 75.4 Å². The third-order valence-corrected chi connectivity index (χ3v) is 10.7. The molecule has 1 aromatic heterocycles. The molecule has 3 N–H and O–H groups in total. The molecule has 1 aliphatic heterocycles. The molecule has 0 saturated carbocycles. The number of amides is 1. The highest BCUT2D eigenvalue weighted by atomic mass is 32.2. The van der Waals surface area contributed by atoms with Crippen molar-refractivity contribution >= 4 is 54.3 Å². The summed E-state index contributed by atoms with van der Waals surface area (Å²) in [6, 6.07) is 16.8. The molecule has 43 heavy (non-hydrogen) atoms. The Hall–Kier alpha value is -4.20. The molecule has 0 unspecified atom stereocenters. The highest BCUT2D eigenvalue weighted by Gasteiger charge is 2.32. The number of anilines is 2. The summed E-state index contributed by atoms with van der Waals surface area (Å²) in [5, 5.41) is 12.7. The quantitative estimate of drug-likeness (QED) is 0.243. The van der Waals surface area contributed by atoms with Crippen molar-refractivity contribution in [2.24, 2.45) is 5.92 Å². The zero-order valence-electron chi connectivity index (χ0n) is 23.7. The summed E-state index contributed by atoms with van der Waals surface area (Å²) < 4.78 is 60.0. The van der Waals surface area contributed by atoms with Crippen molar-refractivity contribution in [3.05, 3.63) is 78.1 Å². The lowest BCUT2D eigenvalue weighted by molar-refractivity contribution is -0.140. The van der Waals surface area contributed by atoms with E-state index in [9.17, 15) is 31.5 Å². The summed E-state index contributed by atoms with van der Waals surface area (Å²) >= 11 is 0. The summed E-state index contributed by atoms with van der Waals surface area (Å²) in [6.07, 6.45) is 0.533. The Balaban J connectivity index is 1.32. The average molecular weight is 626 g/mol. The molecule has 0 radical (unpaired) electrons. The highest BCUT2D eigenvalue weighted by molar-refractivity contribution is 7.93. The third kappa shape index (κ3) is 6.01. The molecule has 3 aromatic carbocycles. The summed E-state index contributed by atoms with van der Waals surface area (Å²) in [5.74, 6) is -2.01. The van der Waals surface area contributed by atoms with Crippen LogP contribution in [0.2, 0.25) is 0 Å². The summed E-state index contributed by atoms with van der Waals surface area (Å²) in [5.41, 5.74) is 3.42. The molecule has 1 aliphatic rings. The molecule has 11 nitrogen and oxygen atoms in total. The first-order valence-electron chi connectivity index (χ1n) is 13.6. The molecule has 13 heteroatoms. The second-order valence-electron chi connectivity index (χ2n) is 10.7. The Morgan fingerprint density at radius 2 is 1.60 bits per heavy atom. The van der Waals surface area contributed by atoms with Crippen molar-refractivity contribution in [2.75, 3.05) is 21.9 Å². The minimum Gasteiger partial charge on any atom is -0.480 e. The molecule has 2 heterocycles. The number of hydrogen-bond donors (Lipinski definition) is 3. The van der Waals surface area contributed by atoms with Gasteiger partial charge in [-0.3, -0.25) is 13.9 Å². The van der Waals surface area contributed by atoms with E-state index in [-0.39, 0.29) is 16.4 Å². The number of carbonyl (C=O) groups excluding carboxylic acids is 1. The monoisotopic (exact) mass is 625 g/mol. The van der Waals surface area contributed by atoms with Crippen molar-refractivity contribution in [2.45, 2.75) is 38.1 Å². The maximum Gasteiger partial charge on any atom is 0.322 e. The standard InChI is InChI=1S/C30H31N3O8S2/c1-18(2)27(30(35)36)32-43(39,40)23-14-10-21(11-15-23)20-8-12-22(13-9-20)31-29(34)28-19(3)26-24(6-4-7-25(26)41-28)33-16-5-17-42(33,37)38/h4,6-15,18,27,32H,5,16-17H2,1-3H3,(H,31,34)(H,35,36)/t27-/m0/s1. The van der Waals surface area contributed by atoms with Gasteiger partial charge in [-0.25, -0.2) is 16.8 Å². The maximum absolute atomic E-state index is 13.2. The van der Waals surface area contributed by atoms with Crippen molar-refractivity contribution < 1.29 is 35.9 Å². The van der Waals surface area contributed by atoms with Gasteiger partial charge in [0.1, 0.15) is 11.6 Å². The number of sulfonamides is 2. The fraction of sp³-hybridized carbons (Fsp3) is 0.267. The largest absolute Gasteiger partial charge is 0.480 e. The molecule has 0 aliphatic carbocycles. The second-order valence-corrected chi connectivity index (χ2v) is 14.4. The molecule has 4 aromatic rings. The topological polar surface area (TPSA) is 163 Å². The van der Waals surface area contributed by atoms with Gasteiger partial charge >= 0.3 is 5.97 Å². The molecule has 1 saturated heterocycles. The number of carboxylic acids is 1. The summed E-state index contributed by atoms with van der Waals surface area (Å²) in [6.45, 7) is 5.33. The second kappa shape index (κ2) is 11.5. The van der Waals surface area contributed by atoms with Crippen LogP contribution in [-0.2, 0) is 24.8 Å². The molecule has 1 atom stereocenters. The maximum atomic E-state index is 13.2. The fourth-order valence-corrected chi connectivity index (χ4v) is 7.99. The predicted octanol–water partition coefficient (Wildman–Crippen LogP) is 4.59. The number of nitrogens with zero attached hydrogens (tertiary/aromatic N) is 1. The van der Waals surface area contributed by atoms with Gasteiger partial charge in [0.2, 0.25) is 20.0 Å².